The average Bonchev–Trinajstić information content (AvgIpc) is 3.10. The molecule has 0 bridgehead atoms. The Hall–Kier alpha value is -3.60. The monoisotopic (exact) mass is 358 g/mol. The summed E-state index contributed by atoms with van der Waals surface area (Å²) in [5.41, 5.74) is 3.66. The Morgan fingerprint density at radius 1 is 1.04 bits per heavy atom. The van der Waals surface area contributed by atoms with Crippen LogP contribution in [-0.2, 0) is 6.42 Å². The summed E-state index contributed by atoms with van der Waals surface area (Å²) in [7, 11) is 1.54. The van der Waals surface area contributed by atoms with Gasteiger partial charge in [-0.3, -0.25) is 4.79 Å². The Labute approximate surface area is 156 Å². The SMILES string of the molecule is COc1ccccc1C(=O)Nc1ccc2oc(Cc3ccccc3)nc2c1. The number of nitrogens with zero attached hydrogens (tertiary/aromatic N) is 1. The smallest absolute Gasteiger partial charge is 0.259 e. The first-order valence-electron chi connectivity index (χ1n) is 8.61. The van der Waals surface area contributed by atoms with E-state index in [4.69, 9.17) is 9.15 Å². The molecule has 0 fully saturated rings. The fourth-order valence-corrected chi connectivity index (χ4v) is 2.93. The van der Waals surface area contributed by atoms with Gasteiger partial charge in [0.1, 0.15) is 11.3 Å². The maximum absolute atomic E-state index is 12.5. The van der Waals surface area contributed by atoms with Crippen molar-refractivity contribution in [1.29, 1.82) is 0 Å². The summed E-state index contributed by atoms with van der Waals surface area (Å²) in [6.07, 6.45) is 0.623. The molecule has 1 aromatic heterocycles. The Balaban J connectivity index is 1.55. The molecular formula is C22H18N2O3. The van der Waals surface area contributed by atoms with Gasteiger partial charge in [-0.05, 0) is 35.9 Å². The fourth-order valence-electron chi connectivity index (χ4n) is 2.93. The van der Waals surface area contributed by atoms with Crippen LogP contribution in [0.2, 0.25) is 0 Å². The highest BCUT2D eigenvalue weighted by Gasteiger charge is 2.13. The molecule has 1 amide bonds. The van der Waals surface area contributed by atoms with Crippen LogP contribution in [0.15, 0.2) is 77.2 Å². The Kier molecular flexibility index (Phi) is 4.58. The first-order chi connectivity index (χ1) is 13.2. The Morgan fingerprint density at radius 2 is 1.81 bits per heavy atom. The van der Waals surface area contributed by atoms with E-state index in [-0.39, 0.29) is 5.91 Å². The van der Waals surface area contributed by atoms with Gasteiger partial charge in [0.2, 0.25) is 0 Å². The molecule has 5 heteroatoms. The molecule has 27 heavy (non-hydrogen) atoms. The van der Waals surface area contributed by atoms with Crippen LogP contribution < -0.4 is 10.1 Å². The molecule has 1 heterocycles. The molecule has 0 saturated heterocycles. The maximum Gasteiger partial charge on any atom is 0.259 e. The molecule has 0 aliphatic heterocycles. The van der Waals surface area contributed by atoms with Crippen LogP contribution in [0.3, 0.4) is 0 Å². The number of amides is 1. The lowest BCUT2D eigenvalue weighted by Crippen LogP contribution is -2.13. The minimum Gasteiger partial charge on any atom is -0.496 e. The predicted octanol–water partition coefficient (Wildman–Crippen LogP) is 4.68. The number of hydrogen-bond acceptors (Lipinski definition) is 4. The lowest BCUT2D eigenvalue weighted by atomic mass is 10.1. The summed E-state index contributed by atoms with van der Waals surface area (Å²) in [4.78, 5) is 17.1. The van der Waals surface area contributed by atoms with Gasteiger partial charge in [0.25, 0.3) is 5.91 Å². The van der Waals surface area contributed by atoms with Gasteiger partial charge < -0.3 is 14.5 Å². The molecule has 0 radical (unpaired) electrons. The fraction of sp³-hybridized carbons (Fsp3) is 0.0909. The van der Waals surface area contributed by atoms with Crippen LogP contribution in [0.4, 0.5) is 5.69 Å². The largest absolute Gasteiger partial charge is 0.496 e. The van der Waals surface area contributed by atoms with Gasteiger partial charge in [-0.2, -0.15) is 0 Å². The first kappa shape index (κ1) is 16.8. The van der Waals surface area contributed by atoms with Gasteiger partial charge in [-0.1, -0.05) is 42.5 Å². The van der Waals surface area contributed by atoms with E-state index in [1.54, 1.807) is 37.4 Å². The summed E-state index contributed by atoms with van der Waals surface area (Å²) in [5, 5.41) is 2.88. The molecule has 3 aromatic carbocycles. The highest BCUT2D eigenvalue weighted by Crippen LogP contribution is 2.23. The highest BCUT2D eigenvalue weighted by molar-refractivity contribution is 6.06. The molecule has 134 valence electrons. The number of methoxy groups -OCH3 is 1. The number of benzene rings is 3. The number of carbonyl (C=O) groups is 1. The second-order valence-electron chi connectivity index (χ2n) is 6.11. The van der Waals surface area contributed by atoms with Crippen molar-refractivity contribution in [3.8, 4) is 5.75 Å². The molecule has 5 nitrogen and oxygen atoms in total. The number of oxazole rings is 1. The van der Waals surface area contributed by atoms with E-state index in [9.17, 15) is 4.79 Å². The van der Waals surface area contributed by atoms with Crippen LogP contribution in [0.25, 0.3) is 11.1 Å². The molecule has 0 saturated carbocycles. The van der Waals surface area contributed by atoms with Gasteiger partial charge in [0, 0.05) is 12.1 Å². The number of carbonyl (C=O) groups excluding carboxylic acids is 1. The lowest BCUT2D eigenvalue weighted by molar-refractivity contribution is 0.102. The number of ether oxygens (including phenoxy) is 1. The third-order valence-electron chi connectivity index (χ3n) is 4.24. The van der Waals surface area contributed by atoms with E-state index in [0.717, 1.165) is 5.56 Å². The van der Waals surface area contributed by atoms with Crippen LogP contribution in [0, 0.1) is 0 Å². The third-order valence-corrected chi connectivity index (χ3v) is 4.24. The van der Waals surface area contributed by atoms with E-state index in [1.165, 1.54) is 0 Å². The van der Waals surface area contributed by atoms with Crippen LogP contribution in [-0.4, -0.2) is 18.0 Å². The van der Waals surface area contributed by atoms with E-state index >= 15 is 0 Å². The molecule has 0 spiro atoms. The lowest BCUT2D eigenvalue weighted by Gasteiger charge is -2.08. The maximum atomic E-state index is 12.5. The number of nitrogens with one attached hydrogen (secondary N) is 1. The second kappa shape index (κ2) is 7.33. The predicted molar refractivity (Wildman–Crippen MR) is 104 cm³/mol. The van der Waals surface area contributed by atoms with Crippen molar-refractivity contribution >= 4 is 22.7 Å². The quantitative estimate of drug-likeness (QED) is 0.563. The minimum absolute atomic E-state index is 0.236. The Morgan fingerprint density at radius 3 is 2.63 bits per heavy atom. The number of hydrogen-bond donors (Lipinski definition) is 1. The van der Waals surface area contributed by atoms with E-state index in [0.29, 0.717) is 40.4 Å². The molecule has 4 aromatic rings. The van der Waals surface area contributed by atoms with Crippen LogP contribution in [0.5, 0.6) is 5.75 Å². The molecular weight excluding hydrogens is 340 g/mol. The number of rotatable bonds is 5. The minimum atomic E-state index is -0.236. The van der Waals surface area contributed by atoms with Gasteiger partial charge in [-0.15, -0.1) is 0 Å². The molecule has 0 aliphatic carbocycles. The van der Waals surface area contributed by atoms with Crippen molar-refractivity contribution in [3.05, 3.63) is 89.8 Å². The van der Waals surface area contributed by atoms with Crippen molar-refractivity contribution < 1.29 is 13.9 Å². The van der Waals surface area contributed by atoms with Gasteiger partial charge in [0.05, 0.1) is 12.7 Å². The number of aromatic nitrogens is 1. The number of anilines is 1. The van der Waals surface area contributed by atoms with E-state index < -0.39 is 0 Å². The zero-order chi connectivity index (χ0) is 18.6. The van der Waals surface area contributed by atoms with Crippen LogP contribution >= 0.6 is 0 Å². The standard InChI is InChI=1S/C22H18N2O3/c1-26-19-10-6-5-9-17(19)22(25)23-16-11-12-20-18(14-16)24-21(27-20)13-15-7-3-2-4-8-15/h2-12,14H,13H2,1H3,(H,23,25). The molecule has 1 N–H and O–H groups in total. The first-order valence-corrected chi connectivity index (χ1v) is 8.61. The van der Waals surface area contributed by atoms with Gasteiger partial charge in [0.15, 0.2) is 11.5 Å². The van der Waals surface area contributed by atoms with E-state index in [2.05, 4.69) is 10.3 Å². The molecule has 0 unspecified atom stereocenters. The Bertz CT molecular complexity index is 1090. The summed E-state index contributed by atoms with van der Waals surface area (Å²) in [5.74, 6) is 0.937. The van der Waals surface area contributed by atoms with Crippen molar-refractivity contribution in [1.82, 2.24) is 4.98 Å². The molecule has 0 aliphatic rings. The topological polar surface area (TPSA) is 64.4 Å². The van der Waals surface area contributed by atoms with Crippen LogP contribution in [0.1, 0.15) is 21.8 Å². The third kappa shape index (κ3) is 3.67. The zero-order valence-electron chi connectivity index (χ0n) is 14.8. The van der Waals surface area contributed by atoms with Crippen molar-refractivity contribution in [2.75, 3.05) is 12.4 Å². The normalized spacial score (nSPS) is 10.7. The van der Waals surface area contributed by atoms with Crippen molar-refractivity contribution in [3.63, 3.8) is 0 Å². The van der Waals surface area contributed by atoms with E-state index in [1.807, 2.05) is 42.5 Å². The summed E-state index contributed by atoms with van der Waals surface area (Å²) in [6.45, 7) is 0. The second-order valence-corrected chi connectivity index (χ2v) is 6.11. The van der Waals surface area contributed by atoms with Gasteiger partial charge in [-0.25, -0.2) is 4.98 Å². The zero-order valence-corrected chi connectivity index (χ0v) is 14.8. The molecule has 4 rings (SSSR count). The summed E-state index contributed by atoms with van der Waals surface area (Å²) in [6, 6.07) is 22.6. The number of fused-ring (bicyclic) bond motifs is 1. The van der Waals surface area contributed by atoms with Crippen molar-refractivity contribution in [2.24, 2.45) is 0 Å². The summed E-state index contributed by atoms with van der Waals surface area (Å²) < 4.78 is 11.1. The van der Waals surface area contributed by atoms with Crippen molar-refractivity contribution in [2.45, 2.75) is 6.42 Å². The van der Waals surface area contributed by atoms with Gasteiger partial charge >= 0.3 is 0 Å². The molecule has 0 atom stereocenters. The number of para-hydroxylation sites is 1. The summed E-state index contributed by atoms with van der Waals surface area (Å²) >= 11 is 0. The average molecular weight is 358 g/mol. The highest BCUT2D eigenvalue weighted by atomic mass is 16.5.